The predicted molar refractivity (Wildman–Crippen MR) is 105 cm³/mol. The first-order chi connectivity index (χ1) is 13.5. The third kappa shape index (κ3) is 5.07. The molecule has 0 spiro atoms. The van der Waals surface area contributed by atoms with E-state index in [1.54, 1.807) is 48.5 Å². The number of aromatic nitrogens is 1. The van der Waals surface area contributed by atoms with Gasteiger partial charge in [-0.25, -0.2) is 0 Å². The molecule has 0 saturated carbocycles. The van der Waals surface area contributed by atoms with Gasteiger partial charge < -0.3 is 19.8 Å². The average Bonchev–Trinajstić information content (AvgIpc) is 3.13. The highest BCUT2D eigenvalue weighted by Crippen LogP contribution is 2.23. The topological polar surface area (TPSA) is 93.5 Å². The van der Waals surface area contributed by atoms with Crippen molar-refractivity contribution in [1.82, 2.24) is 10.3 Å². The Bertz CT molecular complexity index is 1010. The molecular formula is C21H19N3O4. The molecule has 2 N–H and O–H groups in total. The zero-order chi connectivity index (χ0) is 19.9. The molecule has 7 heteroatoms. The minimum atomic E-state index is -0.290. The number of rotatable bonds is 6. The molecule has 3 aromatic rings. The highest BCUT2D eigenvalue weighted by atomic mass is 16.5. The minimum absolute atomic E-state index is 0.266. The van der Waals surface area contributed by atoms with E-state index in [1.807, 2.05) is 13.0 Å². The molecule has 0 atom stereocenters. The number of aryl methyl sites for hydroxylation is 1. The van der Waals surface area contributed by atoms with Crippen molar-refractivity contribution in [2.75, 3.05) is 12.4 Å². The van der Waals surface area contributed by atoms with Gasteiger partial charge in [0.1, 0.15) is 28.7 Å². The zero-order valence-electron chi connectivity index (χ0n) is 15.4. The Balaban J connectivity index is 1.59. The summed E-state index contributed by atoms with van der Waals surface area (Å²) in [5, 5.41) is 5.27. The quantitative estimate of drug-likeness (QED) is 0.638. The molecule has 28 heavy (non-hydrogen) atoms. The molecule has 2 amide bonds. The normalized spacial score (nSPS) is 10.6. The van der Waals surface area contributed by atoms with Crippen molar-refractivity contribution in [3.05, 3.63) is 78.0 Å². The largest absolute Gasteiger partial charge is 0.462 e. The lowest BCUT2D eigenvalue weighted by molar-refractivity contribution is -0.111. The molecule has 2 aromatic heterocycles. The lowest BCUT2D eigenvalue weighted by Gasteiger charge is -2.08. The number of benzene rings is 1. The van der Waals surface area contributed by atoms with Gasteiger partial charge in [0.2, 0.25) is 5.91 Å². The number of hydrogen-bond donors (Lipinski definition) is 2. The van der Waals surface area contributed by atoms with Crippen molar-refractivity contribution >= 4 is 23.6 Å². The Kier molecular flexibility index (Phi) is 5.86. The van der Waals surface area contributed by atoms with Crippen molar-refractivity contribution in [2.24, 2.45) is 0 Å². The molecule has 3 rings (SSSR count). The molecule has 142 valence electrons. The number of furan rings is 1. The number of ether oxygens (including phenoxy) is 1. The SMILES string of the molecule is CNC(=O)c1cc(Oc2ccc(NC(=O)/C=C/c3ccc(C)o3)cc2)ccn1. The predicted octanol–water partition coefficient (Wildman–Crippen LogP) is 3.79. The van der Waals surface area contributed by atoms with Crippen LogP contribution in [0.5, 0.6) is 11.5 Å². The van der Waals surface area contributed by atoms with Gasteiger partial charge >= 0.3 is 0 Å². The Labute approximate surface area is 162 Å². The van der Waals surface area contributed by atoms with E-state index in [1.165, 1.54) is 19.3 Å². The first kappa shape index (κ1) is 18.9. The summed E-state index contributed by atoms with van der Waals surface area (Å²) in [5.74, 6) is 1.89. The van der Waals surface area contributed by atoms with Gasteiger partial charge in [0.25, 0.3) is 5.91 Å². The van der Waals surface area contributed by atoms with E-state index in [0.717, 1.165) is 5.76 Å². The third-order valence-corrected chi connectivity index (χ3v) is 3.71. The number of nitrogens with zero attached hydrogens (tertiary/aromatic N) is 1. The number of hydrogen-bond acceptors (Lipinski definition) is 5. The van der Waals surface area contributed by atoms with E-state index in [2.05, 4.69) is 15.6 Å². The fourth-order valence-electron chi connectivity index (χ4n) is 2.35. The molecule has 1 aromatic carbocycles. The zero-order valence-corrected chi connectivity index (χ0v) is 15.4. The van der Waals surface area contributed by atoms with Crippen LogP contribution in [0, 0.1) is 6.92 Å². The standard InChI is InChI=1S/C21H19N3O4/c1-14-3-6-16(27-14)9-10-20(25)24-15-4-7-17(8-5-15)28-18-11-12-23-19(13-18)21(26)22-2/h3-13H,1-2H3,(H,22,26)(H,24,25)/b10-9+. The number of pyridine rings is 1. The fraction of sp³-hybridized carbons (Fsp3) is 0.0952. The van der Waals surface area contributed by atoms with Gasteiger partial charge in [-0.3, -0.25) is 14.6 Å². The van der Waals surface area contributed by atoms with Crippen LogP contribution in [0.25, 0.3) is 6.08 Å². The van der Waals surface area contributed by atoms with Gasteiger partial charge in [0, 0.05) is 31.1 Å². The average molecular weight is 377 g/mol. The fourth-order valence-corrected chi connectivity index (χ4v) is 2.35. The third-order valence-electron chi connectivity index (χ3n) is 3.71. The summed E-state index contributed by atoms with van der Waals surface area (Å²) in [7, 11) is 1.54. The molecule has 2 heterocycles. The number of nitrogens with one attached hydrogen (secondary N) is 2. The smallest absolute Gasteiger partial charge is 0.269 e. The van der Waals surface area contributed by atoms with Crippen LogP contribution in [-0.2, 0) is 4.79 Å². The first-order valence-corrected chi connectivity index (χ1v) is 8.55. The maximum atomic E-state index is 12.0. The van der Waals surface area contributed by atoms with E-state index >= 15 is 0 Å². The van der Waals surface area contributed by atoms with Crippen molar-refractivity contribution in [2.45, 2.75) is 6.92 Å². The second kappa shape index (κ2) is 8.68. The Morgan fingerprint density at radius 1 is 1.07 bits per heavy atom. The maximum absolute atomic E-state index is 12.0. The highest BCUT2D eigenvalue weighted by Gasteiger charge is 2.07. The Morgan fingerprint density at radius 3 is 2.54 bits per heavy atom. The van der Waals surface area contributed by atoms with Gasteiger partial charge in [0.05, 0.1) is 0 Å². The van der Waals surface area contributed by atoms with Crippen molar-refractivity contribution in [3.63, 3.8) is 0 Å². The molecule has 0 saturated heterocycles. The van der Waals surface area contributed by atoms with Crippen LogP contribution in [0.15, 0.2) is 65.2 Å². The second-order valence-electron chi connectivity index (χ2n) is 5.85. The highest BCUT2D eigenvalue weighted by molar-refractivity contribution is 6.01. The Morgan fingerprint density at radius 2 is 1.86 bits per heavy atom. The van der Waals surface area contributed by atoms with Crippen molar-refractivity contribution in [1.29, 1.82) is 0 Å². The summed E-state index contributed by atoms with van der Waals surface area (Å²) in [6.07, 6.45) is 4.51. The summed E-state index contributed by atoms with van der Waals surface area (Å²) in [6, 6.07) is 13.7. The van der Waals surface area contributed by atoms with Crippen LogP contribution in [0.4, 0.5) is 5.69 Å². The van der Waals surface area contributed by atoms with E-state index in [4.69, 9.17) is 9.15 Å². The number of carbonyl (C=O) groups excluding carboxylic acids is 2. The number of amides is 2. The molecule has 0 radical (unpaired) electrons. The Hall–Kier alpha value is -3.87. The molecule has 7 nitrogen and oxygen atoms in total. The molecule has 0 bridgehead atoms. The van der Waals surface area contributed by atoms with Gasteiger partial charge in [0.15, 0.2) is 0 Å². The summed E-state index contributed by atoms with van der Waals surface area (Å²) in [4.78, 5) is 27.6. The molecule has 0 aliphatic carbocycles. The molecule has 0 unspecified atom stereocenters. The summed E-state index contributed by atoms with van der Waals surface area (Å²) in [6.45, 7) is 1.84. The van der Waals surface area contributed by atoms with Crippen LogP contribution in [0.2, 0.25) is 0 Å². The number of carbonyl (C=O) groups is 2. The van der Waals surface area contributed by atoms with E-state index in [9.17, 15) is 9.59 Å². The molecule has 0 fully saturated rings. The molecule has 0 aliphatic rings. The molecular weight excluding hydrogens is 358 g/mol. The minimum Gasteiger partial charge on any atom is -0.462 e. The van der Waals surface area contributed by atoms with Crippen LogP contribution >= 0.6 is 0 Å². The van der Waals surface area contributed by atoms with Crippen LogP contribution in [-0.4, -0.2) is 23.8 Å². The van der Waals surface area contributed by atoms with Gasteiger partial charge in [-0.15, -0.1) is 0 Å². The van der Waals surface area contributed by atoms with E-state index in [0.29, 0.717) is 22.9 Å². The van der Waals surface area contributed by atoms with Gasteiger partial charge in [-0.05, 0) is 55.5 Å². The maximum Gasteiger partial charge on any atom is 0.269 e. The van der Waals surface area contributed by atoms with Gasteiger partial charge in [-0.2, -0.15) is 0 Å². The summed E-state index contributed by atoms with van der Waals surface area (Å²) < 4.78 is 11.1. The van der Waals surface area contributed by atoms with Crippen LogP contribution in [0.1, 0.15) is 22.0 Å². The van der Waals surface area contributed by atoms with Crippen molar-refractivity contribution < 1.29 is 18.7 Å². The van der Waals surface area contributed by atoms with Gasteiger partial charge in [-0.1, -0.05) is 0 Å². The second-order valence-corrected chi connectivity index (χ2v) is 5.85. The monoisotopic (exact) mass is 377 g/mol. The first-order valence-electron chi connectivity index (χ1n) is 8.55. The summed E-state index contributed by atoms with van der Waals surface area (Å²) >= 11 is 0. The molecule has 0 aliphatic heterocycles. The lowest BCUT2D eigenvalue weighted by Crippen LogP contribution is -2.18. The number of anilines is 1. The lowest BCUT2D eigenvalue weighted by atomic mass is 10.3. The van der Waals surface area contributed by atoms with E-state index in [-0.39, 0.29) is 17.5 Å². The van der Waals surface area contributed by atoms with E-state index < -0.39 is 0 Å². The summed E-state index contributed by atoms with van der Waals surface area (Å²) in [5.41, 5.74) is 0.890. The van der Waals surface area contributed by atoms with Crippen molar-refractivity contribution in [3.8, 4) is 11.5 Å². The van der Waals surface area contributed by atoms with Crippen LogP contribution in [0.3, 0.4) is 0 Å². The van der Waals surface area contributed by atoms with Crippen LogP contribution < -0.4 is 15.4 Å².